The summed E-state index contributed by atoms with van der Waals surface area (Å²) in [4.78, 5) is 21.9. The first-order valence-corrected chi connectivity index (χ1v) is 11.4. The van der Waals surface area contributed by atoms with E-state index in [0.29, 0.717) is 23.5 Å². The van der Waals surface area contributed by atoms with Crippen molar-refractivity contribution in [3.8, 4) is 11.1 Å². The van der Waals surface area contributed by atoms with E-state index >= 15 is 0 Å². The number of nitrogens with zero attached hydrogens (tertiary/aromatic N) is 5. The van der Waals surface area contributed by atoms with Crippen LogP contribution < -0.4 is 10.6 Å². The minimum Gasteiger partial charge on any atom is -0.382 e. The van der Waals surface area contributed by atoms with Crippen LogP contribution in [0.1, 0.15) is 66.1 Å². The fraction of sp³-hybridized carbons (Fsp3) is 0.400. The first kappa shape index (κ1) is 21.4. The zero-order valence-corrected chi connectivity index (χ0v) is 19.5. The Hall–Kier alpha value is -3.42. The lowest BCUT2D eigenvalue weighted by Crippen LogP contribution is -2.31. The smallest absolute Gasteiger partial charge is 0.254 e. The van der Waals surface area contributed by atoms with Crippen molar-refractivity contribution in [1.29, 1.82) is 0 Å². The van der Waals surface area contributed by atoms with Crippen LogP contribution in [0.25, 0.3) is 11.1 Å². The summed E-state index contributed by atoms with van der Waals surface area (Å²) in [6.45, 7) is 7.31. The molecule has 3 aromatic rings. The SMILES string of the molecule is Cc1c2c(nn1C(C)C)CN(C)C(=O)c1ccc(F)cc1[C@H]1CCCN1c1cc-2cnc1N. The second-order valence-electron chi connectivity index (χ2n) is 9.32. The van der Waals surface area contributed by atoms with Crippen molar-refractivity contribution in [3.63, 3.8) is 0 Å². The number of nitrogen functional groups attached to an aromatic ring is 1. The maximum absolute atomic E-state index is 14.4. The molecule has 0 spiro atoms. The molecule has 1 saturated heterocycles. The molecule has 172 valence electrons. The van der Waals surface area contributed by atoms with Gasteiger partial charge < -0.3 is 15.5 Å². The summed E-state index contributed by atoms with van der Waals surface area (Å²) in [6.07, 6.45) is 3.51. The Bertz CT molecular complexity index is 1250. The van der Waals surface area contributed by atoms with Crippen LogP contribution in [0.4, 0.5) is 15.9 Å². The number of benzene rings is 1. The number of aromatic nitrogens is 3. The fourth-order valence-corrected chi connectivity index (χ4v) is 5.28. The lowest BCUT2D eigenvalue weighted by Gasteiger charge is -2.31. The number of carbonyl (C=O) groups is 1. The van der Waals surface area contributed by atoms with Gasteiger partial charge in [-0.25, -0.2) is 9.37 Å². The zero-order valence-electron chi connectivity index (χ0n) is 19.5. The molecule has 2 aliphatic rings. The number of fused-ring (bicyclic) bond motifs is 8. The molecule has 1 amide bonds. The normalized spacial score (nSPS) is 18.0. The first-order valence-electron chi connectivity index (χ1n) is 11.4. The van der Waals surface area contributed by atoms with Crippen molar-refractivity contribution >= 4 is 17.4 Å². The average molecular weight is 449 g/mol. The summed E-state index contributed by atoms with van der Waals surface area (Å²) in [5.74, 6) is -0.0639. The number of halogens is 1. The van der Waals surface area contributed by atoms with Crippen LogP contribution >= 0.6 is 0 Å². The molecule has 5 rings (SSSR count). The second-order valence-corrected chi connectivity index (χ2v) is 9.32. The van der Waals surface area contributed by atoms with Crippen molar-refractivity contribution in [2.75, 3.05) is 24.2 Å². The van der Waals surface area contributed by atoms with E-state index in [2.05, 4.69) is 29.8 Å². The molecule has 2 aliphatic heterocycles. The van der Waals surface area contributed by atoms with E-state index in [1.54, 1.807) is 24.2 Å². The van der Waals surface area contributed by atoms with Crippen LogP contribution in [0.5, 0.6) is 0 Å². The molecule has 4 heterocycles. The molecular weight excluding hydrogens is 419 g/mol. The number of hydrogen-bond donors (Lipinski definition) is 1. The van der Waals surface area contributed by atoms with Gasteiger partial charge in [-0.2, -0.15) is 5.10 Å². The molecule has 1 atom stereocenters. The van der Waals surface area contributed by atoms with Crippen LogP contribution in [-0.4, -0.2) is 39.2 Å². The van der Waals surface area contributed by atoms with Crippen molar-refractivity contribution in [2.45, 2.75) is 52.2 Å². The monoisotopic (exact) mass is 448 g/mol. The maximum Gasteiger partial charge on any atom is 0.254 e. The number of pyridine rings is 1. The molecule has 0 unspecified atom stereocenters. The van der Waals surface area contributed by atoms with Gasteiger partial charge in [0.05, 0.1) is 24.0 Å². The Kier molecular flexibility index (Phi) is 5.11. The third kappa shape index (κ3) is 3.44. The van der Waals surface area contributed by atoms with E-state index in [-0.39, 0.29) is 23.8 Å². The Morgan fingerprint density at radius 1 is 1.24 bits per heavy atom. The topological polar surface area (TPSA) is 80.3 Å². The van der Waals surface area contributed by atoms with Gasteiger partial charge in [0.2, 0.25) is 0 Å². The van der Waals surface area contributed by atoms with Crippen molar-refractivity contribution in [1.82, 2.24) is 19.7 Å². The van der Waals surface area contributed by atoms with Gasteiger partial charge in [-0.05, 0) is 63.4 Å². The van der Waals surface area contributed by atoms with Gasteiger partial charge in [0.15, 0.2) is 0 Å². The number of carbonyl (C=O) groups excluding carboxylic acids is 1. The zero-order chi connectivity index (χ0) is 23.4. The van der Waals surface area contributed by atoms with Crippen molar-refractivity contribution in [2.24, 2.45) is 0 Å². The fourth-order valence-electron chi connectivity index (χ4n) is 5.28. The summed E-state index contributed by atoms with van der Waals surface area (Å²) in [5, 5.41) is 4.86. The summed E-state index contributed by atoms with van der Waals surface area (Å²) >= 11 is 0. The van der Waals surface area contributed by atoms with Gasteiger partial charge in [0.1, 0.15) is 11.6 Å². The van der Waals surface area contributed by atoms with E-state index in [4.69, 9.17) is 10.8 Å². The van der Waals surface area contributed by atoms with Crippen LogP contribution in [0.3, 0.4) is 0 Å². The average Bonchev–Trinajstić information content (AvgIpc) is 3.38. The number of nitrogens with two attached hydrogens (primary N) is 1. The van der Waals surface area contributed by atoms with Gasteiger partial charge in [-0.15, -0.1) is 0 Å². The third-order valence-electron chi connectivity index (χ3n) is 6.80. The molecule has 1 fully saturated rings. The van der Waals surface area contributed by atoms with E-state index in [1.807, 2.05) is 11.6 Å². The van der Waals surface area contributed by atoms with Crippen LogP contribution in [0.2, 0.25) is 0 Å². The number of rotatable bonds is 1. The Balaban J connectivity index is 1.79. The molecule has 0 radical (unpaired) electrons. The lowest BCUT2D eigenvalue weighted by molar-refractivity contribution is 0.0781. The third-order valence-corrected chi connectivity index (χ3v) is 6.80. The molecule has 0 saturated carbocycles. The summed E-state index contributed by atoms with van der Waals surface area (Å²) < 4.78 is 16.3. The first-order chi connectivity index (χ1) is 15.8. The highest BCUT2D eigenvalue weighted by Gasteiger charge is 2.33. The van der Waals surface area contributed by atoms with Gasteiger partial charge in [-0.1, -0.05) is 0 Å². The largest absolute Gasteiger partial charge is 0.382 e. The Morgan fingerprint density at radius 2 is 2.03 bits per heavy atom. The molecule has 7 nitrogen and oxygen atoms in total. The van der Waals surface area contributed by atoms with Crippen LogP contribution in [-0.2, 0) is 6.54 Å². The molecule has 8 heteroatoms. The highest BCUT2D eigenvalue weighted by molar-refractivity contribution is 5.96. The maximum atomic E-state index is 14.4. The molecule has 1 aromatic carbocycles. The molecule has 0 aliphatic carbocycles. The minimum absolute atomic E-state index is 0.144. The summed E-state index contributed by atoms with van der Waals surface area (Å²) in [7, 11) is 1.77. The van der Waals surface area contributed by atoms with Gasteiger partial charge >= 0.3 is 0 Å². The Labute approximate surface area is 193 Å². The lowest BCUT2D eigenvalue weighted by atomic mass is 9.96. The van der Waals surface area contributed by atoms with Crippen LogP contribution in [0, 0.1) is 12.7 Å². The molecule has 2 bridgehead atoms. The molecular formula is C25H29FN6O. The molecule has 2 aromatic heterocycles. The standard InChI is InChI=1S/C25H29FN6O/c1-14(2)32-15(3)23-16-10-22(24(27)28-12-16)31-9-5-6-21(31)19-11-17(26)7-8-18(19)25(33)30(4)13-20(23)29-32/h7-8,10-12,14,21H,5-6,9,13H2,1-4H3,(H2,27,28)/t21-/m1/s1. The van der Waals surface area contributed by atoms with Gasteiger partial charge in [0.25, 0.3) is 5.91 Å². The highest BCUT2D eigenvalue weighted by Crippen LogP contribution is 2.42. The van der Waals surface area contributed by atoms with Crippen LogP contribution in [0.15, 0.2) is 30.5 Å². The van der Waals surface area contributed by atoms with Gasteiger partial charge in [-0.3, -0.25) is 9.48 Å². The Morgan fingerprint density at radius 3 is 2.79 bits per heavy atom. The number of hydrogen-bond acceptors (Lipinski definition) is 5. The second kappa shape index (κ2) is 7.86. The highest BCUT2D eigenvalue weighted by atomic mass is 19.1. The summed E-state index contributed by atoms with van der Waals surface area (Å²) in [6, 6.07) is 6.54. The van der Waals surface area contributed by atoms with E-state index in [0.717, 1.165) is 47.6 Å². The van der Waals surface area contributed by atoms with E-state index in [1.165, 1.54) is 12.1 Å². The number of anilines is 2. The predicted octanol–water partition coefficient (Wildman–Crippen LogP) is 4.48. The van der Waals surface area contributed by atoms with E-state index < -0.39 is 0 Å². The summed E-state index contributed by atoms with van der Waals surface area (Å²) in [5.41, 5.74) is 12.1. The quantitative estimate of drug-likeness (QED) is 0.594. The van der Waals surface area contributed by atoms with Gasteiger partial charge in [0, 0.05) is 48.2 Å². The molecule has 33 heavy (non-hydrogen) atoms. The van der Waals surface area contributed by atoms with Crippen molar-refractivity contribution in [3.05, 3.63) is 58.8 Å². The van der Waals surface area contributed by atoms with E-state index in [9.17, 15) is 9.18 Å². The molecule has 2 N–H and O–H groups in total. The van der Waals surface area contributed by atoms with Crippen molar-refractivity contribution < 1.29 is 9.18 Å². The number of amides is 1. The predicted molar refractivity (Wildman–Crippen MR) is 127 cm³/mol. The minimum atomic E-state index is -0.350.